The van der Waals surface area contributed by atoms with Gasteiger partial charge in [-0.1, -0.05) is 12.1 Å². The summed E-state index contributed by atoms with van der Waals surface area (Å²) < 4.78 is 12.8. The molecule has 3 aromatic rings. The summed E-state index contributed by atoms with van der Waals surface area (Å²) in [6, 6.07) is 13.3. The summed E-state index contributed by atoms with van der Waals surface area (Å²) in [5.74, 6) is 1.47. The Morgan fingerprint density at radius 2 is 1.85 bits per heavy atom. The molecule has 40 heavy (non-hydrogen) atoms. The second-order valence-electron chi connectivity index (χ2n) is 9.90. The first kappa shape index (κ1) is 27.5. The Labute approximate surface area is 236 Å². The zero-order valence-electron chi connectivity index (χ0n) is 22.1. The molecule has 3 atom stereocenters. The van der Waals surface area contributed by atoms with Crippen LogP contribution in [0.2, 0.25) is 0 Å². The number of hydrogen-bond donors (Lipinski definition) is 0. The minimum Gasteiger partial charge on any atom is -0.497 e. The molecule has 0 radical (unpaired) electrons. The van der Waals surface area contributed by atoms with E-state index in [0.29, 0.717) is 31.6 Å². The molecule has 12 heteroatoms. The van der Waals surface area contributed by atoms with Crippen LogP contribution in [0.5, 0.6) is 5.75 Å². The molecule has 2 aromatic carbocycles. The van der Waals surface area contributed by atoms with Crippen molar-refractivity contribution in [3.63, 3.8) is 0 Å². The molecule has 0 aliphatic carbocycles. The second kappa shape index (κ2) is 12.4. The van der Waals surface area contributed by atoms with Crippen molar-refractivity contribution in [1.82, 2.24) is 19.4 Å². The fourth-order valence-corrected chi connectivity index (χ4v) is 6.32. The Bertz CT molecular complexity index is 1320. The van der Waals surface area contributed by atoms with Crippen LogP contribution in [0.25, 0.3) is 0 Å². The minimum absolute atomic E-state index is 0.0309. The number of benzene rings is 2. The van der Waals surface area contributed by atoms with E-state index in [0.717, 1.165) is 23.5 Å². The highest BCUT2D eigenvalue weighted by Crippen LogP contribution is 2.33. The molecule has 2 aliphatic heterocycles. The van der Waals surface area contributed by atoms with Crippen LogP contribution in [-0.2, 0) is 21.9 Å². The molecule has 11 nitrogen and oxygen atoms in total. The molecule has 0 spiro atoms. The lowest BCUT2D eigenvalue weighted by Gasteiger charge is -2.27. The first-order valence-electron chi connectivity index (χ1n) is 13.1. The largest absolute Gasteiger partial charge is 0.497 e. The van der Waals surface area contributed by atoms with E-state index in [4.69, 9.17) is 9.47 Å². The molecule has 0 saturated carbocycles. The van der Waals surface area contributed by atoms with Gasteiger partial charge in [0.15, 0.2) is 0 Å². The number of aromatic nitrogens is 2. The zero-order valence-corrected chi connectivity index (χ0v) is 22.9. The van der Waals surface area contributed by atoms with E-state index in [2.05, 4.69) is 4.98 Å². The van der Waals surface area contributed by atoms with Crippen molar-refractivity contribution in [3.8, 4) is 5.75 Å². The predicted molar refractivity (Wildman–Crippen MR) is 149 cm³/mol. The lowest BCUT2D eigenvalue weighted by Crippen LogP contribution is -2.47. The first-order chi connectivity index (χ1) is 19.4. The van der Waals surface area contributed by atoms with E-state index >= 15 is 0 Å². The van der Waals surface area contributed by atoms with Gasteiger partial charge in [-0.2, -0.15) is 11.8 Å². The van der Waals surface area contributed by atoms with E-state index in [9.17, 15) is 19.7 Å². The zero-order chi connectivity index (χ0) is 28.1. The Balaban J connectivity index is 1.24. The maximum Gasteiger partial charge on any atom is 0.410 e. The topological polar surface area (TPSA) is 120 Å². The second-order valence-corrected chi connectivity index (χ2v) is 11.2. The quantitative estimate of drug-likeness (QED) is 0.278. The van der Waals surface area contributed by atoms with Gasteiger partial charge in [-0.05, 0) is 48.2 Å². The molecule has 5 rings (SSSR count). The van der Waals surface area contributed by atoms with E-state index in [1.165, 1.54) is 12.1 Å². The lowest BCUT2D eigenvalue weighted by atomic mass is 10.2. The van der Waals surface area contributed by atoms with E-state index < -0.39 is 17.1 Å². The van der Waals surface area contributed by atoms with Crippen molar-refractivity contribution in [2.45, 2.75) is 42.5 Å². The molecule has 2 aliphatic rings. The summed E-state index contributed by atoms with van der Waals surface area (Å²) in [4.78, 5) is 44.9. The number of likely N-dealkylation sites (tertiary alicyclic amines) is 2. The third-order valence-corrected chi connectivity index (χ3v) is 8.67. The minimum atomic E-state index is -0.612. The average Bonchev–Trinajstić information content (AvgIpc) is 3.76. The van der Waals surface area contributed by atoms with Crippen LogP contribution in [0.4, 0.5) is 10.5 Å². The number of imidazole rings is 1. The molecule has 0 N–H and O–H groups in total. The van der Waals surface area contributed by atoms with Crippen LogP contribution >= 0.6 is 11.8 Å². The molecular formula is C28H31N5O6S. The van der Waals surface area contributed by atoms with Gasteiger partial charge in [0.2, 0.25) is 5.91 Å². The van der Waals surface area contributed by atoms with Gasteiger partial charge in [0.1, 0.15) is 18.4 Å². The van der Waals surface area contributed by atoms with Gasteiger partial charge >= 0.3 is 6.09 Å². The van der Waals surface area contributed by atoms with Gasteiger partial charge < -0.3 is 18.9 Å². The van der Waals surface area contributed by atoms with Crippen LogP contribution in [0, 0.1) is 10.1 Å². The molecule has 3 heterocycles. The summed E-state index contributed by atoms with van der Waals surface area (Å²) in [7, 11) is 1.63. The smallest absolute Gasteiger partial charge is 0.410 e. The van der Waals surface area contributed by atoms with Gasteiger partial charge in [-0.25, -0.2) is 9.78 Å². The highest BCUT2D eigenvalue weighted by Gasteiger charge is 2.43. The van der Waals surface area contributed by atoms with Crippen LogP contribution in [0.15, 0.2) is 67.3 Å². The maximum atomic E-state index is 13.7. The van der Waals surface area contributed by atoms with Crippen molar-refractivity contribution in [3.05, 3.63) is 88.5 Å². The van der Waals surface area contributed by atoms with Crippen molar-refractivity contribution >= 4 is 29.4 Å². The fourth-order valence-electron chi connectivity index (χ4n) is 5.11. The monoisotopic (exact) mass is 565 g/mol. The number of nitrogens with zero attached hydrogens (tertiary/aromatic N) is 5. The van der Waals surface area contributed by atoms with Crippen molar-refractivity contribution in [2.24, 2.45) is 0 Å². The Morgan fingerprint density at radius 3 is 2.52 bits per heavy atom. The van der Waals surface area contributed by atoms with Gasteiger partial charge in [-0.15, -0.1) is 0 Å². The molecule has 2 amide bonds. The number of methoxy groups -OCH3 is 1. The Hall–Kier alpha value is -4.06. The summed E-state index contributed by atoms with van der Waals surface area (Å²) in [6.45, 7) is 1.55. The predicted octanol–water partition coefficient (Wildman–Crippen LogP) is 4.29. The number of amides is 2. The average molecular weight is 566 g/mol. The standard InChI is InChI=1S/C28H31N5O6S/c1-38-24-8-4-21(5-9-24)18-40-25-14-26(27(34)30-12-10-23(15-30)31-13-11-29-19-31)32(16-25)28(35)39-17-20-2-6-22(7-3-20)33(36)37/h2-9,11,13,19,23,25-26H,10,12,14-18H2,1H3/t23?,25-,26-/m0/s1. The number of thioether (sulfide) groups is 1. The number of nitro groups is 1. The first-order valence-corrected chi connectivity index (χ1v) is 14.1. The van der Waals surface area contributed by atoms with E-state index in [-0.39, 0.29) is 29.5 Å². The van der Waals surface area contributed by atoms with Crippen LogP contribution in [-0.4, -0.2) is 74.3 Å². The molecule has 0 bridgehead atoms. The van der Waals surface area contributed by atoms with Crippen molar-refractivity contribution < 1.29 is 24.0 Å². The fraction of sp³-hybridized carbons (Fsp3) is 0.393. The maximum absolute atomic E-state index is 13.7. The summed E-state index contributed by atoms with van der Waals surface area (Å²) in [5, 5.41) is 11.0. The number of hydrogen-bond acceptors (Lipinski definition) is 8. The van der Waals surface area contributed by atoms with E-state index in [1.807, 2.05) is 39.9 Å². The molecule has 2 saturated heterocycles. The molecule has 1 aromatic heterocycles. The SMILES string of the molecule is COc1ccc(CS[C@H]2C[C@@H](C(=O)N3CCC(n4ccnc4)C3)N(C(=O)OCc3ccc([N+](=O)[O-])cc3)C2)cc1. The Kier molecular flexibility index (Phi) is 8.54. The number of carbonyl (C=O) groups excluding carboxylic acids is 2. The number of ether oxygens (including phenoxy) is 2. The number of nitro benzene ring substituents is 1. The molecular weight excluding hydrogens is 534 g/mol. The highest BCUT2D eigenvalue weighted by atomic mass is 32.2. The third kappa shape index (κ3) is 6.39. The van der Waals surface area contributed by atoms with Gasteiger partial charge in [0, 0.05) is 55.2 Å². The lowest BCUT2D eigenvalue weighted by molar-refractivity contribution is -0.384. The summed E-state index contributed by atoms with van der Waals surface area (Å²) in [5.41, 5.74) is 1.74. The van der Waals surface area contributed by atoms with Crippen LogP contribution in [0.3, 0.4) is 0 Å². The van der Waals surface area contributed by atoms with Gasteiger partial charge in [0.05, 0.1) is 24.4 Å². The number of carbonyl (C=O) groups is 2. The third-order valence-electron chi connectivity index (χ3n) is 7.36. The number of rotatable bonds is 9. The van der Waals surface area contributed by atoms with Gasteiger partial charge in [-0.3, -0.25) is 19.8 Å². The van der Waals surface area contributed by atoms with Crippen molar-refractivity contribution in [1.29, 1.82) is 0 Å². The van der Waals surface area contributed by atoms with E-state index in [1.54, 1.807) is 48.4 Å². The summed E-state index contributed by atoms with van der Waals surface area (Å²) in [6.07, 6.45) is 6.21. The molecule has 1 unspecified atom stereocenters. The van der Waals surface area contributed by atoms with Crippen LogP contribution < -0.4 is 4.74 Å². The van der Waals surface area contributed by atoms with Crippen LogP contribution in [0.1, 0.15) is 30.0 Å². The number of non-ortho nitro benzene ring substituents is 1. The normalized spacial score (nSPS) is 20.5. The highest BCUT2D eigenvalue weighted by molar-refractivity contribution is 7.99. The van der Waals surface area contributed by atoms with Gasteiger partial charge in [0.25, 0.3) is 5.69 Å². The molecule has 210 valence electrons. The molecule has 2 fully saturated rings. The van der Waals surface area contributed by atoms with Crippen molar-refractivity contribution in [2.75, 3.05) is 26.7 Å². The Morgan fingerprint density at radius 1 is 1.10 bits per heavy atom. The summed E-state index contributed by atoms with van der Waals surface area (Å²) >= 11 is 1.72.